The first-order valence-corrected chi connectivity index (χ1v) is 6.98. The van der Waals surface area contributed by atoms with Gasteiger partial charge in [-0.25, -0.2) is 0 Å². The molecule has 0 spiro atoms. The Hall–Kier alpha value is -1.88. The van der Waals surface area contributed by atoms with Crippen LogP contribution in [0, 0.1) is 20.8 Å². The van der Waals surface area contributed by atoms with Crippen molar-refractivity contribution in [1.82, 2.24) is 15.1 Å². The predicted octanol–water partition coefficient (Wildman–Crippen LogP) is 2.83. The van der Waals surface area contributed by atoms with Crippen LogP contribution >= 0.6 is 12.2 Å². The van der Waals surface area contributed by atoms with Crippen LogP contribution in [0.5, 0.6) is 0 Å². The van der Waals surface area contributed by atoms with E-state index in [0.717, 1.165) is 16.9 Å². The Labute approximate surface area is 125 Å². The van der Waals surface area contributed by atoms with Gasteiger partial charge in [0.2, 0.25) is 0 Å². The first-order valence-electron chi connectivity index (χ1n) is 6.57. The standard InChI is InChI=1S/C15H20N4S/c1-10-5-6-14(11(2)7-10)18-15(20)16-8-13-9-17-19(4)12(13)3/h5-7,9H,8H2,1-4H3,(H2,16,18,20). The van der Waals surface area contributed by atoms with Gasteiger partial charge in [-0.05, 0) is 44.6 Å². The summed E-state index contributed by atoms with van der Waals surface area (Å²) in [5.41, 5.74) is 5.77. The molecule has 1 aromatic carbocycles. The van der Waals surface area contributed by atoms with E-state index in [1.54, 1.807) is 0 Å². The molecule has 1 heterocycles. The second-order valence-corrected chi connectivity index (χ2v) is 5.41. The summed E-state index contributed by atoms with van der Waals surface area (Å²) in [7, 11) is 1.94. The Morgan fingerprint density at radius 2 is 2.05 bits per heavy atom. The molecule has 5 heteroatoms. The third kappa shape index (κ3) is 3.36. The van der Waals surface area contributed by atoms with Gasteiger partial charge in [-0.3, -0.25) is 4.68 Å². The third-order valence-corrected chi connectivity index (χ3v) is 3.65. The number of benzene rings is 1. The van der Waals surface area contributed by atoms with E-state index in [1.807, 2.05) is 30.9 Å². The Kier molecular flexibility index (Phi) is 4.39. The minimum absolute atomic E-state index is 0.625. The number of rotatable bonds is 3. The van der Waals surface area contributed by atoms with E-state index >= 15 is 0 Å². The van der Waals surface area contributed by atoms with Crippen molar-refractivity contribution in [2.75, 3.05) is 5.32 Å². The first kappa shape index (κ1) is 14.5. The molecule has 0 aliphatic rings. The highest BCUT2D eigenvalue weighted by atomic mass is 32.1. The second kappa shape index (κ2) is 6.05. The van der Waals surface area contributed by atoms with Gasteiger partial charge >= 0.3 is 0 Å². The molecule has 106 valence electrons. The van der Waals surface area contributed by atoms with Crippen molar-refractivity contribution in [1.29, 1.82) is 0 Å². The molecule has 0 aliphatic heterocycles. The zero-order valence-electron chi connectivity index (χ0n) is 12.3. The number of hydrogen-bond donors (Lipinski definition) is 2. The summed E-state index contributed by atoms with van der Waals surface area (Å²) in [5, 5.41) is 11.3. The van der Waals surface area contributed by atoms with E-state index in [4.69, 9.17) is 12.2 Å². The largest absolute Gasteiger partial charge is 0.358 e. The van der Waals surface area contributed by atoms with Crippen LogP contribution in [0.4, 0.5) is 5.69 Å². The minimum Gasteiger partial charge on any atom is -0.358 e. The summed E-state index contributed by atoms with van der Waals surface area (Å²) >= 11 is 5.33. The van der Waals surface area contributed by atoms with Crippen LogP contribution in [0.15, 0.2) is 24.4 Å². The highest BCUT2D eigenvalue weighted by Crippen LogP contribution is 2.15. The maximum absolute atomic E-state index is 5.33. The zero-order chi connectivity index (χ0) is 14.7. The van der Waals surface area contributed by atoms with E-state index in [0.29, 0.717) is 11.7 Å². The molecule has 0 saturated carbocycles. The molecule has 4 nitrogen and oxygen atoms in total. The topological polar surface area (TPSA) is 41.9 Å². The lowest BCUT2D eigenvalue weighted by Gasteiger charge is -2.12. The Bertz CT molecular complexity index is 631. The highest BCUT2D eigenvalue weighted by Gasteiger charge is 2.05. The maximum Gasteiger partial charge on any atom is 0.171 e. The molecule has 2 N–H and O–H groups in total. The van der Waals surface area contributed by atoms with E-state index in [1.165, 1.54) is 11.1 Å². The van der Waals surface area contributed by atoms with Crippen molar-refractivity contribution in [3.8, 4) is 0 Å². The predicted molar refractivity (Wildman–Crippen MR) is 86.9 cm³/mol. The van der Waals surface area contributed by atoms with E-state index in [9.17, 15) is 0 Å². The molecule has 2 aromatic rings. The molecule has 0 radical (unpaired) electrons. The van der Waals surface area contributed by atoms with Crippen LogP contribution in [0.3, 0.4) is 0 Å². The molecule has 2 rings (SSSR count). The number of aryl methyl sites for hydroxylation is 3. The van der Waals surface area contributed by atoms with Gasteiger partial charge < -0.3 is 10.6 Å². The normalized spacial score (nSPS) is 10.4. The number of hydrogen-bond acceptors (Lipinski definition) is 2. The van der Waals surface area contributed by atoms with Crippen molar-refractivity contribution in [3.05, 3.63) is 46.8 Å². The van der Waals surface area contributed by atoms with Crippen molar-refractivity contribution in [2.24, 2.45) is 7.05 Å². The summed E-state index contributed by atoms with van der Waals surface area (Å²) in [5.74, 6) is 0. The summed E-state index contributed by atoms with van der Waals surface area (Å²) in [6, 6.07) is 6.26. The lowest BCUT2D eigenvalue weighted by Crippen LogP contribution is -2.28. The molecule has 0 atom stereocenters. The first-order chi connectivity index (χ1) is 9.47. The highest BCUT2D eigenvalue weighted by molar-refractivity contribution is 7.80. The van der Waals surface area contributed by atoms with Crippen LogP contribution in [-0.2, 0) is 13.6 Å². The molecule has 0 bridgehead atoms. The number of thiocarbonyl (C=S) groups is 1. The summed E-state index contributed by atoms with van der Waals surface area (Å²) in [4.78, 5) is 0. The molecule has 1 aromatic heterocycles. The minimum atomic E-state index is 0.625. The summed E-state index contributed by atoms with van der Waals surface area (Å²) < 4.78 is 1.86. The number of nitrogens with one attached hydrogen (secondary N) is 2. The summed E-state index contributed by atoms with van der Waals surface area (Å²) in [6.07, 6.45) is 1.86. The van der Waals surface area contributed by atoms with Crippen molar-refractivity contribution >= 4 is 23.0 Å². The van der Waals surface area contributed by atoms with Gasteiger partial charge in [0.05, 0.1) is 6.20 Å². The Morgan fingerprint density at radius 1 is 1.30 bits per heavy atom. The lowest BCUT2D eigenvalue weighted by atomic mass is 10.1. The van der Waals surface area contributed by atoms with Gasteiger partial charge in [0.15, 0.2) is 5.11 Å². The van der Waals surface area contributed by atoms with Gasteiger partial charge in [-0.2, -0.15) is 5.10 Å². The quantitative estimate of drug-likeness (QED) is 0.852. The van der Waals surface area contributed by atoms with Gasteiger partial charge in [0.1, 0.15) is 0 Å². The monoisotopic (exact) mass is 288 g/mol. The average molecular weight is 288 g/mol. The molecule has 0 amide bonds. The number of nitrogens with zero attached hydrogens (tertiary/aromatic N) is 2. The fourth-order valence-electron chi connectivity index (χ4n) is 2.01. The Morgan fingerprint density at radius 3 is 2.65 bits per heavy atom. The molecular weight excluding hydrogens is 268 g/mol. The van der Waals surface area contributed by atoms with Gasteiger partial charge in [0, 0.05) is 30.5 Å². The molecule has 0 fully saturated rings. The number of anilines is 1. The van der Waals surface area contributed by atoms with Crippen molar-refractivity contribution < 1.29 is 0 Å². The fraction of sp³-hybridized carbons (Fsp3) is 0.333. The van der Waals surface area contributed by atoms with E-state index < -0.39 is 0 Å². The lowest BCUT2D eigenvalue weighted by molar-refractivity contribution is 0.736. The van der Waals surface area contributed by atoms with E-state index in [2.05, 4.69) is 41.7 Å². The maximum atomic E-state index is 5.33. The smallest absolute Gasteiger partial charge is 0.171 e. The third-order valence-electron chi connectivity index (χ3n) is 3.41. The van der Waals surface area contributed by atoms with Gasteiger partial charge in [-0.1, -0.05) is 17.7 Å². The second-order valence-electron chi connectivity index (χ2n) is 5.00. The molecule has 0 unspecified atom stereocenters. The Balaban J connectivity index is 1.94. The average Bonchev–Trinajstić information content (AvgIpc) is 2.71. The zero-order valence-corrected chi connectivity index (χ0v) is 13.1. The van der Waals surface area contributed by atoms with Gasteiger partial charge in [0.25, 0.3) is 0 Å². The number of aromatic nitrogens is 2. The van der Waals surface area contributed by atoms with E-state index in [-0.39, 0.29) is 0 Å². The molecule has 20 heavy (non-hydrogen) atoms. The molecular formula is C15H20N4S. The summed E-state index contributed by atoms with van der Waals surface area (Å²) in [6.45, 7) is 6.88. The SMILES string of the molecule is Cc1ccc(NC(=S)NCc2cnn(C)c2C)c(C)c1. The van der Waals surface area contributed by atoms with Gasteiger partial charge in [-0.15, -0.1) is 0 Å². The molecule has 0 saturated heterocycles. The van der Waals surface area contributed by atoms with Crippen LogP contribution in [0.2, 0.25) is 0 Å². The van der Waals surface area contributed by atoms with Crippen molar-refractivity contribution in [2.45, 2.75) is 27.3 Å². The van der Waals surface area contributed by atoms with Crippen molar-refractivity contribution in [3.63, 3.8) is 0 Å². The van der Waals surface area contributed by atoms with Crippen LogP contribution < -0.4 is 10.6 Å². The molecule has 0 aliphatic carbocycles. The fourth-order valence-corrected chi connectivity index (χ4v) is 2.20. The van der Waals surface area contributed by atoms with Crippen LogP contribution in [0.1, 0.15) is 22.4 Å². The van der Waals surface area contributed by atoms with Crippen LogP contribution in [-0.4, -0.2) is 14.9 Å². The van der Waals surface area contributed by atoms with Crippen LogP contribution in [0.25, 0.3) is 0 Å².